The fourth-order valence-corrected chi connectivity index (χ4v) is 0. The molecule has 0 rings (SSSR count). The molecule has 0 aromatic carbocycles. The van der Waals surface area contributed by atoms with Crippen LogP contribution < -0.4 is 5.73 Å². The van der Waals surface area contributed by atoms with Gasteiger partial charge < -0.3 is 5.73 Å². The van der Waals surface area contributed by atoms with Crippen molar-refractivity contribution in [2.24, 2.45) is 5.73 Å². The summed E-state index contributed by atoms with van der Waals surface area (Å²) in [6.07, 6.45) is 0. The van der Waals surface area contributed by atoms with E-state index in [2.05, 4.69) is 0 Å². The van der Waals surface area contributed by atoms with Crippen LogP contribution in [0.3, 0.4) is 0 Å². The zero-order valence-corrected chi connectivity index (χ0v) is 2.69. The molecule has 0 aliphatic rings. The Kier molecular flexibility index (Phi) is 154. The molecule has 0 aliphatic heterocycles. The van der Waals surface area contributed by atoms with Crippen molar-refractivity contribution in [2.45, 2.75) is 6.92 Å². The summed E-state index contributed by atoms with van der Waals surface area (Å²) in [5.41, 5.74) is 4.85. The van der Waals surface area contributed by atoms with E-state index >= 15 is 0 Å². The molecule has 0 saturated heterocycles. The van der Waals surface area contributed by atoms with Gasteiger partial charge in [0.2, 0.25) is 0 Å². The molecular weight excluding hydrogens is 67.8 g/mol. The Balaban J connectivity index is -0.0000000200. The van der Waals surface area contributed by atoms with E-state index in [4.69, 9.17) is 5.73 Å². The van der Waals surface area contributed by atoms with E-state index in [1.165, 1.54) is 0 Å². The Hall–Kier alpha value is -0.0451. The molecular formula is C2H11BFN. The van der Waals surface area contributed by atoms with Gasteiger partial charge in [0, 0.05) is 0 Å². The zero-order valence-electron chi connectivity index (χ0n) is 2.69. The van der Waals surface area contributed by atoms with Gasteiger partial charge >= 0.3 is 0 Å². The van der Waals surface area contributed by atoms with Gasteiger partial charge in [0.1, 0.15) is 0 Å². The van der Waals surface area contributed by atoms with Crippen LogP contribution in [0.25, 0.3) is 0 Å². The molecule has 0 aromatic heterocycles. The fraction of sp³-hybridized carbons (Fsp3) is 1.00. The Morgan fingerprint density at radius 1 is 1.60 bits per heavy atom. The molecule has 34 valence electrons. The van der Waals surface area contributed by atoms with Gasteiger partial charge in [-0.15, -0.1) is 0 Å². The number of rotatable bonds is 0. The molecule has 0 fully saturated rings. The molecule has 1 nitrogen and oxygen atoms in total. The number of nitrogens with two attached hydrogens (primary N) is 1. The minimum Gasteiger partial charge on any atom is -0.331 e. The summed E-state index contributed by atoms with van der Waals surface area (Å²) < 4.78 is 0. The van der Waals surface area contributed by atoms with Crippen LogP contribution in [0, 0.1) is 0 Å². The first-order chi connectivity index (χ1) is 1.41. The molecule has 3 heteroatoms. The van der Waals surface area contributed by atoms with Crippen molar-refractivity contribution in [3.05, 3.63) is 0 Å². The molecule has 0 radical (unpaired) electrons. The predicted molar refractivity (Wildman–Crippen MR) is 27.2 cm³/mol. The van der Waals surface area contributed by atoms with Crippen LogP contribution in [0.15, 0.2) is 0 Å². The van der Waals surface area contributed by atoms with Crippen LogP contribution in [0.1, 0.15) is 6.92 Å². The quantitative estimate of drug-likeness (QED) is 0.368. The normalized spacial score (nSPS) is 3.60. The van der Waals surface area contributed by atoms with Crippen LogP contribution in [0.5, 0.6) is 0 Å². The van der Waals surface area contributed by atoms with Gasteiger partial charge in [0.15, 0.2) is 0 Å². The summed E-state index contributed by atoms with van der Waals surface area (Å²) in [5, 5.41) is 0. The van der Waals surface area contributed by atoms with Crippen molar-refractivity contribution >= 4 is 8.41 Å². The lowest BCUT2D eigenvalue weighted by Gasteiger charge is -1.53. The first-order valence-corrected chi connectivity index (χ1v) is 1.12. The maximum Gasteiger partial charge on any atom is 0.0814 e. The van der Waals surface area contributed by atoms with E-state index < -0.39 is 0 Å². The molecule has 0 saturated carbocycles. The van der Waals surface area contributed by atoms with E-state index in [0.29, 0.717) is 0 Å². The monoisotopic (exact) mass is 79.1 g/mol. The second-order valence-corrected chi connectivity index (χ2v) is 0.408. The lowest BCUT2D eigenvalue weighted by Crippen LogP contribution is -1.87. The van der Waals surface area contributed by atoms with Crippen molar-refractivity contribution in [3.8, 4) is 0 Å². The number of hydrogen-bond acceptors (Lipinski definition) is 1. The lowest BCUT2D eigenvalue weighted by atomic mass is 10.8. The highest BCUT2D eigenvalue weighted by Gasteiger charge is 1.32. The SMILES string of the molecule is B.CCN.F. The molecule has 0 aliphatic carbocycles. The third-order valence-electron chi connectivity index (χ3n) is 0. The van der Waals surface area contributed by atoms with Crippen LogP contribution in [0.4, 0.5) is 4.70 Å². The fourth-order valence-electron chi connectivity index (χ4n) is 0. The summed E-state index contributed by atoms with van der Waals surface area (Å²) in [5.74, 6) is 0. The largest absolute Gasteiger partial charge is 0.331 e. The molecule has 0 aromatic rings. The van der Waals surface area contributed by atoms with Crippen molar-refractivity contribution in [2.75, 3.05) is 6.54 Å². The smallest absolute Gasteiger partial charge is 0.0814 e. The van der Waals surface area contributed by atoms with E-state index in [1.807, 2.05) is 6.92 Å². The predicted octanol–water partition coefficient (Wildman–Crippen LogP) is -1.07. The minimum atomic E-state index is 0. The van der Waals surface area contributed by atoms with Crippen molar-refractivity contribution in [1.29, 1.82) is 0 Å². The van der Waals surface area contributed by atoms with Gasteiger partial charge in [-0.25, -0.2) is 0 Å². The van der Waals surface area contributed by atoms with Crippen molar-refractivity contribution in [3.63, 3.8) is 0 Å². The van der Waals surface area contributed by atoms with Gasteiger partial charge in [-0.2, -0.15) is 0 Å². The summed E-state index contributed by atoms with van der Waals surface area (Å²) in [7, 11) is 0. The second kappa shape index (κ2) is 37.9. The molecule has 0 bridgehead atoms. The Labute approximate surface area is 33.5 Å². The van der Waals surface area contributed by atoms with Gasteiger partial charge in [-0.1, -0.05) is 6.92 Å². The standard InChI is InChI=1S/C2H7N.BH3.FH/c1-2-3;;/h2-3H2,1H3;1H3;1H. The zero-order chi connectivity index (χ0) is 2.71. The topological polar surface area (TPSA) is 26.0 Å². The van der Waals surface area contributed by atoms with E-state index in [9.17, 15) is 0 Å². The summed E-state index contributed by atoms with van der Waals surface area (Å²) in [6.45, 7) is 2.65. The maximum atomic E-state index is 4.85. The molecule has 0 heterocycles. The lowest BCUT2D eigenvalue weighted by molar-refractivity contribution is 1.11. The van der Waals surface area contributed by atoms with Gasteiger partial charge in [-0.05, 0) is 6.54 Å². The van der Waals surface area contributed by atoms with Crippen molar-refractivity contribution in [1.82, 2.24) is 0 Å². The van der Waals surface area contributed by atoms with Crippen LogP contribution in [-0.4, -0.2) is 15.0 Å². The Morgan fingerprint density at radius 2 is 1.60 bits per heavy atom. The summed E-state index contributed by atoms with van der Waals surface area (Å²) in [6, 6.07) is 0. The molecule has 0 spiro atoms. The summed E-state index contributed by atoms with van der Waals surface area (Å²) >= 11 is 0. The van der Waals surface area contributed by atoms with Crippen molar-refractivity contribution < 1.29 is 4.70 Å². The maximum absolute atomic E-state index is 4.85. The highest BCUT2D eigenvalue weighted by Crippen LogP contribution is 1.20. The molecule has 0 unspecified atom stereocenters. The van der Waals surface area contributed by atoms with Gasteiger partial charge in [0.25, 0.3) is 0 Å². The third kappa shape index (κ3) is 7440. The van der Waals surface area contributed by atoms with Gasteiger partial charge in [-0.3, -0.25) is 4.70 Å². The minimum absolute atomic E-state index is 0. The Morgan fingerprint density at radius 3 is 1.60 bits per heavy atom. The first kappa shape index (κ1) is 20.3. The number of halogens is 1. The Bertz CT molecular complexity index is 9.61. The van der Waals surface area contributed by atoms with E-state index in [0.717, 1.165) is 6.54 Å². The van der Waals surface area contributed by atoms with Gasteiger partial charge in [0.05, 0.1) is 8.41 Å². The summed E-state index contributed by atoms with van der Waals surface area (Å²) in [4.78, 5) is 0. The van der Waals surface area contributed by atoms with Crippen LogP contribution in [-0.2, 0) is 0 Å². The third-order valence-corrected chi connectivity index (χ3v) is 0. The van der Waals surface area contributed by atoms with Crippen LogP contribution in [0.2, 0.25) is 0 Å². The van der Waals surface area contributed by atoms with Crippen LogP contribution >= 0.6 is 0 Å². The highest BCUT2D eigenvalue weighted by atomic mass is 19.0. The molecule has 0 amide bonds. The number of hydrogen-bond donors (Lipinski definition) is 1. The molecule has 0 atom stereocenters. The molecule has 2 N–H and O–H groups in total. The average Bonchev–Trinajstić information content (AvgIpc) is 0.918. The van der Waals surface area contributed by atoms with E-state index in [-0.39, 0.29) is 13.1 Å². The highest BCUT2D eigenvalue weighted by molar-refractivity contribution is 5.75. The first-order valence-electron chi connectivity index (χ1n) is 1.12. The average molecular weight is 78.9 g/mol. The second-order valence-electron chi connectivity index (χ2n) is 0.408. The molecule has 5 heavy (non-hydrogen) atoms. The van der Waals surface area contributed by atoms with E-state index in [1.54, 1.807) is 0 Å².